The summed E-state index contributed by atoms with van der Waals surface area (Å²) in [4.78, 5) is 5.66. The maximum Gasteiger partial charge on any atom is 0.0558 e. The lowest BCUT2D eigenvalue weighted by Crippen LogP contribution is -2.52. The van der Waals surface area contributed by atoms with Crippen LogP contribution in [0.5, 0.6) is 0 Å². The first-order valence-corrected chi connectivity index (χ1v) is 6.98. The molecule has 1 aliphatic heterocycles. The summed E-state index contributed by atoms with van der Waals surface area (Å²) in [5, 5.41) is 13.9. The number of H-pyrrole nitrogens is 1. The summed E-state index contributed by atoms with van der Waals surface area (Å²) in [6.07, 6.45) is 3.16. The second kappa shape index (κ2) is 5.74. The number of aromatic nitrogens is 1. The van der Waals surface area contributed by atoms with Crippen molar-refractivity contribution in [2.24, 2.45) is 0 Å². The molecule has 19 heavy (non-hydrogen) atoms. The van der Waals surface area contributed by atoms with E-state index in [-0.39, 0.29) is 6.61 Å². The highest BCUT2D eigenvalue weighted by Crippen LogP contribution is 2.19. The minimum Gasteiger partial charge on any atom is -0.395 e. The second-order valence-electron chi connectivity index (χ2n) is 5.24. The summed E-state index contributed by atoms with van der Waals surface area (Å²) in [7, 11) is 0. The molecule has 4 heteroatoms. The fraction of sp³-hybridized carbons (Fsp3) is 0.467. The van der Waals surface area contributed by atoms with Gasteiger partial charge in [-0.25, -0.2) is 0 Å². The summed E-state index contributed by atoms with van der Waals surface area (Å²) >= 11 is 0. The number of nitrogens with one attached hydrogen (secondary N) is 2. The lowest BCUT2D eigenvalue weighted by atomic mass is 10.0. The van der Waals surface area contributed by atoms with E-state index in [0.717, 1.165) is 32.6 Å². The Kier molecular flexibility index (Phi) is 3.82. The van der Waals surface area contributed by atoms with Gasteiger partial charge < -0.3 is 15.4 Å². The van der Waals surface area contributed by atoms with Gasteiger partial charge in [-0.2, -0.15) is 0 Å². The largest absolute Gasteiger partial charge is 0.395 e. The number of hydrogen-bond acceptors (Lipinski definition) is 3. The van der Waals surface area contributed by atoms with Crippen LogP contribution in [0.2, 0.25) is 0 Å². The molecule has 1 unspecified atom stereocenters. The molecule has 4 nitrogen and oxygen atoms in total. The summed E-state index contributed by atoms with van der Waals surface area (Å²) in [5.41, 5.74) is 2.58. The van der Waals surface area contributed by atoms with E-state index in [0.29, 0.717) is 6.04 Å². The Morgan fingerprint density at radius 2 is 2.21 bits per heavy atom. The Bertz CT molecular complexity index is 535. The lowest BCUT2D eigenvalue weighted by molar-refractivity contribution is 0.157. The van der Waals surface area contributed by atoms with Crippen molar-refractivity contribution in [2.45, 2.75) is 12.5 Å². The topological polar surface area (TPSA) is 51.3 Å². The molecule has 1 aromatic heterocycles. The average molecular weight is 259 g/mol. The lowest BCUT2D eigenvalue weighted by Gasteiger charge is -2.33. The van der Waals surface area contributed by atoms with Gasteiger partial charge in [0, 0.05) is 49.3 Å². The van der Waals surface area contributed by atoms with Crippen LogP contribution in [0.1, 0.15) is 5.56 Å². The highest BCUT2D eigenvalue weighted by atomic mass is 16.3. The highest BCUT2D eigenvalue weighted by molar-refractivity contribution is 5.83. The zero-order valence-corrected chi connectivity index (χ0v) is 11.1. The zero-order valence-electron chi connectivity index (χ0n) is 11.1. The molecular formula is C15H21N3O. The van der Waals surface area contributed by atoms with Gasteiger partial charge in [0.1, 0.15) is 0 Å². The molecule has 0 amide bonds. The van der Waals surface area contributed by atoms with E-state index >= 15 is 0 Å². The van der Waals surface area contributed by atoms with E-state index < -0.39 is 0 Å². The molecule has 1 atom stereocenters. The number of aromatic amines is 1. The zero-order chi connectivity index (χ0) is 13.1. The summed E-state index contributed by atoms with van der Waals surface area (Å²) in [6.45, 7) is 4.09. The van der Waals surface area contributed by atoms with Crippen molar-refractivity contribution in [1.82, 2.24) is 15.2 Å². The molecule has 2 heterocycles. The minimum atomic E-state index is 0.250. The number of fused-ring (bicyclic) bond motifs is 1. The van der Waals surface area contributed by atoms with Gasteiger partial charge >= 0.3 is 0 Å². The van der Waals surface area contributed by atoms with Crippen molar-refractivity contribution >= 4 is 10.9 Å². The molecule has 3 rings (SSSR count). The van der Waals surface area contributed by atoms with E-state index in [1.165, 1.54) is 16.5 Å². The highest BCUT2D eigenvalue weighted by Gasteiger charge is 2.19. The SMILES string of the molecule is OCCN1CCNC(Cc2c[nH]c3ccccc23)C1. The quantitative estimate of drug-likeness (QED) is 0.767. The first-order valence-electron chi connectivity index (χ1n) is 6.98. The van der Waals surface area contributed by atoms with Crippen molar-refractivity contribution in [3.63, 3.8) is 0 Å². The predicted octanol–water partition coefficient (Wildman–Crippen LogP) is 0.976. The number of nitrogens with zero attached hydrogens (tertiary/aromatic N) is 1. The van der Waals surface area contributed by atoms with Crippen LogP contribution >= 0.6 is 0 Å². The molecule has 1 aromatic carbocycles. The van der Waals surface area contributed by atoms with E-state index in [1.54, 1.807) is 0 Å². The van der Waals surface area contributed by atoms with Crippen molar-refractivity contribution in [2.75, 3.05) is 32.8 Å². The number of rotatable bonds is 4. The van der Waals surface area contributed by atoms with Gasteiger partial charge in [-0.3, -0.25) is 4.90 Å². The minimum absolute atomic E-state index is 0.250. The summed E-state index contributed by atoms with van der Waals surface area (Å²) in [5.74, 6) is 0. The number of aliphatic hydroxyl groups excluding tert-OH is 1. The summed E-state index contributed by atoms with van der Waals surface area (Å²) < 4.78 is 0. The fourth-order valence-electron chi connectivity index (χ4n) is 2.94. The number of hydrogen-bond donors (Lipinski definition) is 3. The smallest absolute Gasteiger partial charge is 0.0558 e. The first-order chi connectivity index (χ1) is 9.36. The van der Waals surface area contributed by atoms with E-state index in [9.17, 15) is 0 Å². The fourth-order valence-corrected chi connectivity index (χ4v) is 2.94. The molecule has 102 valence electrons. The van der Waals surface area contributed by atoms with E-state index in [4.69, 9.17) is 5.11 Å². The number of para-hydroxylation sites is 1. The standard InChI is InChI=1S/C15H21N3O/c19-8-7-18-6-5-16-13(11-18)9-12-10-17-15-4-2-1-3-14(12)15/h1-4,10,13,16-17,19H,5-9,11H2. The molecular weight excluding hydrogens is 238 g/mol. The van der Waals surface area contributed by atoms with Gasteiger partial charge in [-0.05, 0) is 18.1 Å². The molecule has 0 radical (unpaired) electrons. The number of aliphatic hydroxyl groups is 1. The van der Waals surface area contributed by atoms with Gasteiger partial charge in [0.2, 0.25) is 0 Å². The third kappa shape index (κ3) is 2.81. The number of piperazine rings is 1. The molecule has 3 N–H and O–H groups in total. The second-order valence-corrected chi connectivity index (χ2v) is 5.24. The molecule has 1 fully saturated rings. The normalized spacial score (nSPS) is 21.0. The Morgan fingerprint density at radius 3 is 3.11 bits per heavy atom. The molecule has 0 spiro atoms. The van der Waals surface area contributed by atoms with Gasteiger partial charge in [0.15, 0.2) is 0 Å². The Hall–Kier alpha value is -1.36. The first kappa shape index (κ1) is 12.7. The van der Waals surface area contributed by atoms with E-state index in [2.05, 4.69) is 45.7 Å². The Balaban J connectivity index is 1.70. The van der Waals surface area contributed by atoms with Crippen LogP contribution in [0.25, 0.3) is 10.9 Å². The van der Waals surface area contributed by atoms with Gasteiger partial charge in [0.05, 0.1) is 6.61 Å². The van der Waals surface area contributed by atoms with Crippen molar-refractivity contribution < 1.29 is 5.11 Å². The molecule has 0 aliphatic carbocycles. The van der Waals surface area contributed by atoms with Crippen LogP contribution < -0.4 is 5.32 Å². The average Bonchev–Trinajstić information content (AvgIpc) is 2.83. The van der Waals surface area contributed by atoms with Crippen LogP contribution in [-0.4, -0.2) is 53.8 Å². The van der Waals surface area contributed by atoms with Crippen LogP contribution in [0, 0.1) is 0 Å². The monoisotopic (exact) mass is 259 g/mol. The third-order valence-electron chi connectivity index (χ3n) is 3.90. The van der Waals surface area contributed by atoms with Gasteiger partial charge in [-0.15, -0.1) is 0 Å². The van der Waals surface area contributed by atoms with Gasteiger partial charge in [-0.1, -0.05) is 18.2 Å². The number of β-amino-alcohol motifs (C(OH)–C–C–N with tert-alkyl or cyclic N) is 1. The predicted molar refractivity (Wildman–Crippen MR) is 77.3 cm³/mol. The third-order valence-corrected chi connectivity index (χ3v) is 3.90. The summed E-state index contributed by atoms with van der Waals surface area (Å²) in [6, 6.07) is 8.91. The van der Waals surface area contributed by atoms with Crippen LogP contribution in [-0.2, 0) is 6.42 Å². The van der Waals surface area contributed by atoms with Crippen LogP contribution in [0.4, 0.5) is 0 Å². The van der Waals surface area contributed by atoms with Crippen molar-refractivity contribution in [3.05, 3.63) is 36.0 Å². The Labute approximate surface area is 113 Å². The number of benzene rings is 1. The van der Waals surface area contributed by atoms with Crippen LogP contribution in [0.3, 0.4) is 0 Å². The molecule has 1 aliphatic rings. The van der Waals surface area contributed by atoms with Gasteiger partial charge in [0.25, 0.3) is 0 Å². The molecule has 0 bridgehead atoms. The maximum atomic E-state index is 9.04. The molecule has 0 saturated carbocycles. The van der Waals surface area contributed by atoms with Crippen molar-refractivity contribution in [3.8, 4) is 0 Å². The maximum absolute atomic E-state index is 9.04. The van der Waals surface area contributed by atoms with E-state index in [1.807, 2.05) is 0 Å². The van der Waals surface area contributed by atoms with Crippen LogP contribution in [0.15, 0.2) is 30.5 Å². The Morgan fingerprint density at radius 1 is 1.32 bits per heavy atom. The molecule has 1 saturated heterocycles. The molecule has 2 aromatic rings. The van der Waals surface area contributed by atoms with Crippen molar-refractivity contribution in [1.29, 1.82) is 0 Å².